The second-order valence-electron chi connectivity index (χ2n) is 7.66. The van der Waals surface area contributed by atoms with Crippen molar-refractivity contribution < 1.29 is 14.7 Å². The van der Waals surface area contributed by atoms with Crippen LogP contribution in [0.2, 0.25) is 5.02 Å². The number of anilines is 1. The van der Waals surface area contributed by atoms with Gasteiger partial charge >= 0.3 is 6.09 Å². The lowest BCUT2D eigenvalue weighted by Gasteiger charge is -2.37. The van der Waals surface area contributed by atoms with Crippen molar-refractivity contribution >= 4 is 41.2 Å². The number of fused-ring (bicyclic) bond motifs is 1. The van der Waals surface area contributed by atoms with Gasteiger partial charge in [0.2, 0.25) is 5.91 Å². The maximum atomic E-state index is 13.1. The number of carbonyl (C=O) groups is 2. The first-order chi connectivity index (χ1) is 14.9. The SMILES string of the molecule is CC1SCc2ncnc(N3CCN(C(=O)[C@@H](Cc4ccc(Cl)cc4)NC(=O)O)CC3)c21. The van der Waals surface area contributed by atoms with Gasteiger partial charge in [-0.25, -0.2) is 14.8 Å². The quantitative estimate of drug-likeness (QED) is 0.706. The Morgan fingerprint density at radius 2 is 1.94 bits per heavy atom. The van der Waals surface area contributed by atoms with E-state index in [1.165, 1.54) is 5.56 Å². The van der Waals surface area contributed by atoms with Gasteiger partial charge in [0.25, 0.3) is 0 Å². The molecule has 2 aliphatic heterocycles. The lowest BCUT2D eigenvalue weighted by atomic mass is 10.0. The van der Waals surface area contributed by atoms with Gasteiger partial charge in [0.15, 0.2) is 0 Å². The normalized spacial score (nSPS) is 19.1. The van der Waals surface area contributed by atoms with Crippen LogP contribution in [0.5, 0.6) is 0 Å². The summed E-state index contributed by atoms with van der Waals surface area (Å²) in [5, 5.41) is 12.6. The number of carboxylic acid groups (broad SMARTS) is 1. The molecule has 4 rings (SSSR count). The number of rotatable bonds is 5. The second-order valence-corrected chi connectivity index (χ2v) is 9.42. The average molecular weight is 462 g/mol. The van der Waals surface area contributed by atoms with E-state index < -0.39 is 12.1 Å². The van der Waals surface area contributed by atoms with E-state index in [1.54, 1.807) is 35.5 Å². The highest BCUT2D eigenvalue weighted by Crippen LogP contribution is 2.44. The van der Waals surface area contributed by atoms with Gasteiger partial charge in [-0.3, -0.25) is 4.79 Å². The number of nitrogens with one attached hydrogen (secondary N) is 1. The van der Waals surface area contributed by atoms with Crippen molar-refractivity contribution in [1.29, 1.82) is 0 Å². The molecule has 0 radical (unpaired) electrons. The van der Waals surface area contributed by atoms with Crippen LogP contribution in [0.15, 0.2) is 30.6 Å². The Bertz CT molecular complexity index is 966. The van der Waals surface area contributed by atoms with E-state index >= 15 is 0 Å². The van der Waals surface area contributed by atoms with Crippen molar-refractivity contribution in [2.75, 3.05) is 31.1 Å². The molecule has 10 heteroatoms. The number of amides is 2. The summed E-state index contributed by atoms with van der Waals surface area (Å²) < 4.78 is 0. The van der Waals surface area contributed by atoms with Gasteiger partial charge < -0.3 is 20.2 Å². The molecule has 8 nitrogen and oxygen atoms in total. The molecule has 2 amide bonds. The Morgan fingerprint density at radius 3 is 2.61 bits per heavy atom. The summed E-state index contributed by atoms with van der Waals surface area (Å²) in [4.78, 5) is 37.3. The predicted molar refractivity (Wildman–Crippen MR) is 121 cm³/mol. The van der Waals surface area contributed by atoms with Gasteiger partial charge in [0.05, 0.1) is 5.69 Å². The molecular weight excluding hydrogens is 438 g/mol. The van der Waals surface area contributed by atoms with Crippen LogP contribution in [0.3, 0.4) is 0 Å². The first-order valence-electron chi connectivity index (χ1n) is 10.2. The molecule has 1 fully saturated rings. The Hall–Kier alpha value is -2.52. The summed E-state index contributed by atoms with van der Waals surface area (Å²) in [5.74, 6) is 1.64. The molecular formula is C21H24ClN5O3S. The number of piperazine rings is 1. The van der Waals surface area contributed by atoms with Crippen LogP contribution < -0.4 is 10.2 Å². The lowest BCUT2D eigenvalue weighted by Crippen LogP contribution is -2.55. The monoisotopic (exact) mass is 461 g/mol. The second kappa shape index (κ2) is 9.32. The molecule has 3 heterocycles. The number of hydrogen-bond acceptors (Lipinski definition) is 6. The molecule has 2 aliphatic rings. The molecule has 2 atom stereocenters. The fourth-order valence-corrected chi connectivity index (χ4v) is 5.23. The van der Waals surface area contributed by atoms with E-state index in [0.717, 1.165) is 22.8 Å². The van der Waals surface area contributed by atoms with Crippen molar-refractivity contribution in [3.63, 3.8) is 0 Å². The molecule has 0 saturated carbocycles. The number of thioether (sulfide) groups is 1. The van der Waals surface area contributed by atoms with Gasteiger partial charge in [-0.2, -0.15) is 0 Å². The number of carbonyl (C=O) groups excluding carboxylic acids is 1. The highest BCUT2D eigenvalue weighted by Gasteiger charge is 2.32. The molecule has 2 aromatic rings. The van der Waals surface area contributed by atoms with Crippen LogP contribution in [-0.2, 0) is 17.0 Å². The van der Waals surface area contributed by atoms with Gasteiger partial charge in [-0.15, -0.1) is 11.8 Å². The lowest BCUT2D eigenvalue weighted by molar-refractivity contribution is -0.133. The van der Waals surface area contributed by atoms with Gasteiger partial charge in [-0.05, 0) is 24.6 Å². The summed E-state index contributed by atoms with van der Waals surface area (Å²) in [7, 11) is 0. The molecule has 1 unspecified atom stereocenters. The summed E-state index contributed by atoms with van der Waals surface area (Å²) in [5.41, 5.74) is 3.13. The molecule has 1 aromatic heterocycles. The Balaban J connectivity index is 1.43. The number of hydrogen-bond donors (Lipinski definition) is 2. The van der Waals surface area contributed by atoms with E-state index in [2.05, 4.69) is 27.1 Å². The van der Waals surface area contributed by atoms with Crippen LogP contribution in [0.4, 0.5) is 10.6 Å². The van der Waals surface area contributed by atoms with Gasteiger partial charge in [0, 0.05) is 54.2 Å². The minimum Gasteiger partial charge on any atom is -0.465 e. The number of halogens is 1. The minimum absolute atomic E-state index is 0.214. The molecule has 1 aromatic carbocycles. The van der Waals surface area contributed by atoms with Crippen LogP contribution in [-0.4, -0.2) is 64.2 Å². The zero-order valence-electron chi connectivity index (χ0n) is 17.1. The highest BCUT2D eigenvalue weighted by molar-refractivity contribution is 7.99. The highest BCUT2D eigenvalue weighted by atomic mass is 35.5. The maximum absolute atomic E-state index is 13.1. The van der Waals surface area contributed by atoms with E-state index in [-0.39, 0.29) is 12.3 Å². The van der Waals surface area contributed by atoms with Crippen LogP contribution in [0, 0.1) is 0 Å². The summed E-state index contributed by atoms with van der Waals surface area (Å²) >= 11 is 7.78. The number of benzene rings is 1. The van der Waals surface area contributed by atoms with Crippen molar-refractivity contribution in [2.45, 2.75) is 30.4 Å². The van der Waals surface area contributed by atoms with Gasteiger partial charge in [-0.1, -0.05) is 23.7 Å². The third-order valence-corrected chi connectivity index (χ3v) is 7.09. The summed E-state index contributed by atoms with van der Waals surface area (Å²) in [6.45, 7) is 4.48. The fourth-order valence-electron chi connectivity index (χ4n) is 4.06. The largest absolute Gasteiger partial charge is 0.465 e. The van der Waals surface area contributed by atoms with E-state index in [0.29, 0.717) is 36.5 Å². The Labute approximate surface area is 190 Å². The van der Waals surface area contributed by atoms with Gasteiger partial charge in [0.1, 0.15) is 18.2 Å². The van der Waals surface area contributed by atoms with E-state index in [1.807, 2.05) is 11.8 Å². The van der Waals surface area contributed by atoms with E-state index in [4.69, 9.17) is 11.6 Å². The third-order valence-electron chi connectivity index (χ3n) is 5.66. The van der Waals surface area contributed by atoms with Crippen molar-refractivity contribution in [3.8, 4) is 0 Å². The predicted octanol–water partition coefficient (Wildman–Crippen LogP) is 2.97. The molecule has 0 bridgehead atoms. The summed E-state index contributed by atoms with van der Waals surface area (Å²) in [6, 6.07) is 6.23. The van der Waals surface area contributed by atoms with Crippen LogP contribution in [0.1, 0.15) is 29.0 Å². The molecule has 31 heavy (non-hydrogen) atoms. The minimum atomic E-state index is -1.21. The van der Waals surface area contributed by atoms with Crippen molar-refractivity contribution in [2.24, 2.45) is 0 Å². The van der Waals surface area contributed by atoms with E-state index in [9.17, 15) is 14.7 Å². The van der Waals surface area contributed by atoms with Crippen molar-refractivity contribution in [3.05, 3.63) is 52.4 Å². The average Bonchev–Trinajstić information content (AvgIpc) is 3.15. The molecule has 0 spiro atoms. The number of aromatic nitrogens is 2. The molecule has 0 aliphatic carbocycles. The van der Waals surface area contributed by atoms with Crippen molar-refractivity contribution in [1.82, 2.24) is 20.2 Å². The van der Waals surface area contributed by atoms with Crippen LogP contribution >= 0.6 is 23.4 Å². The Morgan fingerprint density at radius 1 is 1.23 bits per heavy atom. The van der Waals surface area contributed by atoms with Crippen LogP contribution in [0.25, 0.3) is 0 Å². The zero-order chi connectivity index (χ0) is 22.0. The standard InChI is InChI=1S/C21H24ClN5O3S/c1-13-18-17(11-31-13)23-12-24-19(18)26-6-8-27(9-7-26)20(28)16(25-21(29)30)10-14-2-4-15(22)5-3-14/h2-5,12-13,16,25H,6-11H2,1H3,(H,29,30)/t13?,16-/m1/s1. The molecule has 2 N–H and O–H groups in total. The molecule has 1 saturated heterocycles. The first-order valence-corrected chi connectivity index (χ1v) is 11.6. The smallest absolute Gasteiger partial charge is 0.405 e. The first kappa shape index (κ1) is 21.7. The fraction of sp³-hybridized carbons (Fsp3) is 0.429. The summed E-state index contributed by atoms with van der Waals surface area (Å²) in [6.07, 6.45) is 0.675. The topological polar surface area (TPSA) is 98.7 Å². The zero-order valence-corrected chi connectivity index (χ0v) is 18.7. The maximum Gasteiger partial charge on any atom is 0.405 e. The number of nitrogens with zero attached hydrogens (tertiary/aromatic N) is 4. The Kier molecular flexibility index (Phi) is 6.52. The third kappa shape index (κ3) is 4.88. The molecule has 164 valence electrons.